The van der Waals surface area contributed by atoms with Crippen molar-refractivity contribution >= 4 is 11.6 Å². The third kappa shape index (κ3) is 1.40. The lowest BCUT2D eigenvalue weighted by molar-refractivity contribution is 0.202. The highest BCUT2D eigenvalue weighted by atomic mass is 35.5. The fraction of sp³-hybridized carbons (Fsp3) is 0.400. The number of rotatable bonds is 1. The van der Waals surface area contributed by atoms with Gasteiger partial charge in [0.05, 0.1) is 0 Å². The van der Waals surface area contributed by atoms with E-state index >= 15 is 0 Å². The van der Waals surface area contributed by atoms with Crippen LogP contribution < -0.4 is 10.5 Å². The number of hydrogen-bond donors (Lipinski definition) is 1. The molecular formula is C10H12ClNO. The summed E-state index contributed by atoms with van der Waals surface area (Å²) in [5.74, 6) is 0.866. The maximum atomic E-state index is 6.20. The highest BCUT2D eigenvalue weighted by Crippen LogP contribution is 2.41. The van der Waals surface area contributed by atoms with Crippen LogP contribution in [-0.2, 0) is 0 Å². The molecule has 1 heterocycles. The molecule has 0 saturated carbocycles. The molecule has 1 aliphatic heterocycles. The first-order valence-corrected chi connectivity index (χ1v) is 4.79. The van der Waals surface area contributed by atoms with Gasteiger partial charge in [0.2, 0.25) is 0 Å². The lowest BCUT2D eigenvalue weighted by atomic mass is 10.1. The van der Waals surface area contributed by atoms with E-state index in [0.717, 1.165) is 11.3 Å². The first-order valence-electron chi connectivity index (χ1n) is 4.35. The van der Waals surface area contributed by atoms with Gasteiger partial charge in [-0.3, -0.25) is 0 Å². The molecule has 3 heteroatoms. The molecule has 2 N–H and O–H groups in total. The zero-order chi connectivity index (χ0) is 9.42. The minimum Gasteiger partial charge on any atom is -0.487 e. The Hall–Kier alpha value is -0.730. The molecule has 0 fully saturated rings. The molecule has 0 aromatic heterocycles. The molecule has 0 saturated heterocycles. The van der Waals surface area contributed by atoms with Gasteiger partial charge in [-0.05, 0) is 13.0 Å². The molecule has 1 aromatic rings. The Bertz CT molecular complexity index is 314. The van der Waals surface area contributed by atoms with Crippen LogP contribution >= 0.6 is 11.6 Å². The predicted molar refractivity (Wildman–Crippen MR) is 53.1 cm³/mol. The summed E-state index contributed by atoms with van der Waals surface area (Å²) in [5.41, 5.74) is 6.81. The van der Waals surface area contributed by atoms with Crippen molar-refractivity contribution in [2.75, 3.05) is 0 Å². The standard InChI is InChI=1S/C10H12ClNO/c1-6(12)10-9(11)7-4-2-3-5-8(7)13-10/h2-6,9-10H,12H2,1H3. The van der Waals surface area contributed by atoms with Crippen LogP contribution in [0.3, 0.4) is 0 Å². The van der Waals surface area contributed by atoms with E-state index in [2.05, 4.69) is 0 Å². The Balaban J connectivity index is 2.32. The summed E-state index contributed by atoms with van der Waals surface area (Å²) in [6.07, 6.45) is -0.0981. The first-order chi connectivity index (χ1) is 6.20. The fourth-order valence-corrected chi connectivity index (χ4v) is 2.03. The minimum absolute atomic E-state index is 0.0464. The molecule has 0 spiro atoms. The monoisotopic (exact) mass is 197 g/mol. The van der Waals surface area contributed by atoms with Crippen molar-refractivity contribution in [2.45, 2.75) is 24.4 Å². The highest BCUT2D eigenvalue weighted by molar-refractivity contribution is 6.21. The van der Waals surface area contributed by atoms with Crippen molar-refractivity contribution in [3.05, 3.63) is 29.8 Å². The van der Waals surface area contributed by atoms with Gasteiger partial charge in [0.1, 0.15) is 17.2 Å². The third-order valence-corrected chi connectivity index (χ3v) is 2.77. The summed E-state index contributed by atoms with van der Waals surface area (Å²) < 4.78 is 5.62. The van der Waals surface area contributed by atoms with Gasteiger partial charge in [-0.15, -0.1) is 11.6 Å². The zero-order valence-electron chi connectivity index (χ0n) is 7.41. The SMILES string of the molecule is CC(N)C1Oc2ccccc2C1Cl. The van der Waals surface area contributed by atoms with Gasteiger partial charge in [-0.2, -0.15) is 0 Å². The van der Waals surface area contributed by atoms with E-state index in [9.17, 15) is 0 Å². The molecule has 3 unspecified atom stereocenters. The van der Waals surface area contributed by atoms with E-state index in [4.69, 9.17) is 22.1 Å². The van der Waals surface area contributed by atoms with Crippen molar-refractivity contribution in [3.63, 3.8) is 0 Å². The molecule has 2 rings (SSSR count). The van der Waals surface area contributed by atoms with Crippen LogP contribution in [0.15, 0.2) is 24.3 Å². The summed E-state index contributed by atoms with van der Waals surface area (Å²) in [6, 6.07) is 7.75. The second-order valence-corrected chi connectivity index (χ2v) is 3.85. The van der Waals surface area contributed by atoms with Crippen molar-refractivity contribution in [1.29, 1.82) is 0 Å². The number of benzene rings is 1. The molecule has 3 atom stereocenters. The summed E-state index contributed by atoms with van der Waals surface area (Å²) in [7, 11) is 0. The maximum Gasteiger partial charge on any atom is 0.134 e. The predicted octanol–water partition coefficient (Wildman–Crippen LogP) is 2.07. The molecule has 0 bridgehead atoms. The maximum absolute atomic E-state index is 6.20. The van der Waals surface area contributed by atoms with E-state index in [0.29, 0.717) is 0 Å². The largest absolute Gasteiger partial charge is 0.487 e. The van der Waals surface area contributed by atoms with Crippen molar-refractivity contribution in [1.82, 2.24) is 0 Å². The summed E-state index contributed by atoms with van der Waals surface area (Å²) in [4.78, 5) is 0. The van der Waals surface area contributed by atoms with Gasteiger partial charge in [0.25, 0.3) is 0 Å². The normalized spacial score (nSPS) is 27.9. The molecule has 1 aromatic carbocycles. The quantitative estimate of drug-likeness (QED) is 0.700. The van der Waals surface area contributed by atoms with Crippen LogP contribution in [-0.4, -0.2) is 12.1 Å². The van der Waals surface area contributed by atoms with Gasteiger partial charge in [-0.25, -0.2) is 0 Å². The molecule has 70 valence electrons. The molecule has 1 aliphatic rings. The van der Waals surface area contributed by atoms with Crippen LogP contribution in [0.2, 0.25) is 0 Å². The number of alkyl halides is 1. The Morgan fingerprint density at radius 3 is 2.77 bits per heavy atom. The number of fused-ring (bicyclic) bond motifs is 1. The van der Waals surface area contributed by atoms with E-state index in [-0.39, 0.29) is 17.5 Å². The molecule has 0 amide bonds. The molecule has 0 radical (unpaired) electrons. The number of hydrogen-bond acceptors (Lipinski definition) is 2. The van der Waals surface area contributed by atoms with Crippen LogP contribution in [0.5, 0.6) is 5.75 Å². The average Bonchev–Trinajstić information content (AvgIpc) is 2.45. The second-order valence-electron chi connectivity index (χ2n) is 3.38. The smallest absolute Gasteiger partial charge is 0.134 e. The lowest BCUT2D eigenvalue weighted by Gasteiger charge is -2.17. The topological polar surface area (TPSA) is 35.2 Å². The van der Waals surface area contributed by atoms with Gasteiger partial charge in [0, 0.05) is 11.6 Å². The van der Waals surface area contributed by atoms with Crippen LogP contribution in [0.25, 0.3) is 0 Å². The van der Waals surface area contributed by atoms with Crippen molar-refractivity contribution in [3.8, 4) is 5.75 Å². The number of para-hydroxylation sites is 1. The van der Waals surface area contributed by atoms with Gasteiger partial charge in [0.15, 0.2) is 0 Å². The Morgan fingerprint density at radius 2 is 2.15 bits per heavy atom. The van der Waals surface area contributed by atoms with E-state index < -0.39 is 0 Å². The molecule has 2 nitrogen and oxygen atoms in total. The second kappa shape index (κ2) is 3.20. The lowest BCUT2D eigenvalue weighted by Crippen LogP contribution is -2.36. The zero-order valence-corrected chi connectivity index (χ0v) is 8.16. The number of halogens is 1. The summed E-state index contributed by atoms with van der Waals surface area (Å²) in [6.45, 7) is 1.91. The first kappa shape index (κ1) is 8.85. The van der Waals surface area contributed by atoms with Crippen LogP contribution in [0.1, 0.15) is 17.9 Å². The molecule has 0 aliphatic carbocycles. The van der Waals surface area contributed by atoms with E-state index in [1.165, 1.54) is 0 Å². The van der Waals surface area contributed by atoms with Crippen molar-refractivity contribution in [2.24, 2.45) is 5.73 Å². The number of nitrogens with two attached hydrogens (primary N) is 1. The van der Waals surface area contributed by atoms with E-state index in [1.54, 1.807) is 0 Å². The van der Waals surface area contributed by atoms with Gasteiger partial charge in [-0.1, -0.05) is 18.2 Å². The Labute approximate surface area is 82.6 Å². The van der Waals surface area contributed by atoms with Crippen LogP contribution in [0.4, 0.5) is 0 Å². The summed E-state index contributed by atoms with van der Waals surface area (Å²) >= 11 is 6.20. The van der Waals surface area contributed by atoms with Crippen molar-refractivity contribution < 1.29 is 4.74 Å². The van der Waals surface area contributed by atoms with Gasteiger partial charge < -0.3 is 10.5 Å². The molecule has 13 heavy (non-hydrogen) atoms. The molecular weight excluding hydrogens is 186 g/mol. The number of ether oxygens (including phenoxy) is 1. The highest BCUT2D eigenvalue weighted by Gasteiger charge is 2.34. The van der Waals surface area contributed by atoms with Gasteiger partial charge >= 0.3 is 0 Å². The average molecular weight is 198 g/mol. The van der Waals surface area contributed by atoms with E-state index in [1.807, 2.05) is 31.2 Å². The third-order valence-electron chi connectivity index (χ3n) is 2.29. The Morgan fingerprint density at radius 1 is 1.46 bits per heavy atom. The van der Waals surface area contributed by atoms with Crippen LogP contribution in [0, 0.1) is 0 Å². The summed E-state index contributed by atoms with van der Waals surface area (Å²) in [5, 5.41) is -0.115. The fourth-order valence-electron chi connectivity index (χ4n) is 1.57. The minimum atomic E-state index is -0.115. The Kier molecular flexibility index (Phi) is 2.18.